The van der Waals surface area contributed by atoms with Crippen molar-refractivity contribution in [3.8, 4) is 0 Å². The predicted octanol–water partition coefficient (Wildman–Crippen LogP) is 1.22. The van der Waals surface area contributed by atoms with Crippen LogP contribution < -0.4 is 5.73 Å². The van der Waals surface area contributed by atoms with Crippen molar-refractivity contribution < 1.29 is 4.74 Å². The van der Waals surface area contributed by atoms with Crippen LogP contribution in [-0.2, 0) is 4.74 Å². The van der Waals surface area contributed by atoms with Gasteiger partial charge >= 0.3 is 0 Å². The molecule has 0 radical (unpaired) electrons. The molecular formula is C11H24N2O. The molecular weight excluding hydrogens is 176 g/mol. The molecule has 2 N–H and O–H groups in total. The van der Waals surface area contributed by atoms with Gasteiger partial charge < -0.3 is 10.5 Å². The Morgan fingerprint density at radius 1 is 1.57 bits per heavy atom. The highest BCUT2D eigenvalue weighted by Gasteiger charge is 2.36. The average Bonchev–Trinajstić information content (AvgIpc) is 2.61. The van der Waals surface area contributed by atoms with Gasteiger partial charge in [-0.1, -0.05) is 0 Å². The zero-order valence-corrected chi connectivity index (χ0v) is 9.75. The average molecular weight is 200 g/mol. The van der Waals surface area contributed by atoms with Crippen molar-refractivity contribution in [1.82, 2.24) is 4.90 Å². The molecule has 2 atom stereocenters. The van der Waals surface area contributed by atoms with Crippen LogP contribution in [0.15, 0.2) is 0 Å². The van der Waals surface area contributed by atoms with Gasteiger partial charge in [0.1, 0.15) is 0 Å². The van der Waals surface area contributed by atoms with Gasteiger partial charge in [-0.15, -0.1) is 0 Å². The van der Waals surface area contributed by atoms with Crippen LogP contribution in [0.5, 0.6) is 0 Å². The minimum atomic E-state index is 0.0337. The van der Waals surface area contributed by atoms with E-state index >= 15 is 0 Å². The van der Waals surface area contributed by atoms with Gasteiger partial charge in [-0.25, -0.2) is 0 Å². The second kappa shape index (κ2) is 5.10. The molecule has 3 nitrogen and oxygen atoms in total. The van der Waals surface area contributed by atoms with Crippen LogP contribution in [0.25, 0.3) is 0 Å². The van der Waals surface area contributed by atoms with Gasteiger partial charge in [0.15, 0.2) is 0 Å². The number of nitrogens with two attached hydrogens (primary N) is 1. The lowest BCUT2D eigenvalue weighted by molar-refractivity contribution is 0.00663. The Morgan fingerprint density at radius 2 is 2.29 bits per heavy atom. The third kappa shape index (κ3) is 2.47. The van der Waals surface area contributed by atoms with E-state index in [1.165, 1.54) is 19.4 Å². The molecule has 1 heterocycles. The van der Waals surface area contributed by atoms with Crippen LogP contribution in [0.1, 0.15) is 33.6 Å². The first-order chi connectivity index (χ1) is 6.64. The van der Waals surface area contributed by atoms with Crippen LogP contribution >= 0.6 is 0 Å². The smallest absolute Gasteiger partial charge is 0.0660 e. The molecule has 84 valence electrons. The van der Waals surface area contributed by atoms with Crippen LogP contribution in [0, 0.1) is 0 Å². The minimum absolute atomic E-state index is 0.0337. The van der Waals surface area contributed by atoms with E-state index < -0.39 is 0 Å². The zero-order chi connectivity index (χ0) is 10.6. The number of likely N-dealkylation sites (tertiary alicyclic amines) is 1. The maximum absolute atomic E-state index is 5.87. The van der Waals surface area contributed by atoms with Gasteiger partial charge in [0, 0.05) is 19.2 Å². The summed E-state index contributed by atoms with van der Waals surface area (Å²) in [5.41, 5.74) is 5.90. The van der Waals surface area contributed by atoms with E-state index in [0.717, 1.165) is 13.2 Å². The van der Waals surface area contributed by atoms with Crippen molar-refractivity contribution in [2.45, 2.75) is 45.2 Å². The first kappa shape index (κ1) is 12.0. The first-order valence-electron chi connectivity index (χ1n) is 5.68. The predicted molar refractivity (Wildman–Crippen MR) is 59.4 cm³/mol. The highest BCUT2D eigenvalue weighted by Crippen LogP contribution is 2.26. The van der Waals surface area contributed by atoms with Crippen molar-refractivity contribution >= 4 is 0 Å². The van der Waals surface area contributed by atoms with Crippen molar-refractivity contribution in [3.05, 3.63) is 0 Å². The van der Waals surface area contributed by atoms with Crippen molar-refractivity contribution in [2.75, 3.05) is 26.3 Å². The molecule has 1 saturated heterocycles. The Labute approximate surface area is 87.6 Å². The summed E-state index contributed by atoms with van der Waals surface area (Å²) in [6, 6.07) is 0.656. The Hall–Kier alpha value is -0.120. The molecule has 0 aliphatic carbocycles. The lowest BCUT2D eigenvalue weighted by atomic mass is 10.0. The van der Waals surface area contributed by atoms with Crippen LogP contribution in [0.3, 0.4) is 0 Å². The quantitative estimate of drug-likeness (QED) is 0.725. The van der Waals surface area contributed by atoms with Gasteiger partial charge in [0.25, 0.3) is 0 Å². The van der Waals surface area contributed by atoms with Gasteiger partial charge in [0.2, 0.25) is 0 Å². The maximum atomic E-state index is 5.87. The van der Waals surface area contributed by atoms with E-state index in [0.29, 0.717) is 12.6 Å². The summed E-state index contributed by atoms with van der Waals surface area (Å²) in [5.74, 6) is 0. The van der Waals surface area contributed by atoms with Crippen molar-refractivity contribution in [1.29, 1.82) is 0 Å². The van der Waals surface area contributed by atoms with Crippen LogP contribution in [0.4, 0.5) is 0 Å². The number of rotatable bonds is 5. The number of ether oxygens (including phenoxy) is 1. The Balaban J connectivity index is 2.57. The largest absolute Gasteiger partial charge is 0.380 e. The van der Waals surface area contributed by atoms with Crippen molar-refractivity contribution in [3.63, 3.8) is 0 Å². The molecule has 1 fully saturated rings. The molecule has 0 bridgehead atoms. The second-order valence-electron chi connectivity index (χ2n) is 4.52. The zero-order valence-electron chi connectivity index (χ0n) is 9.75. The summed E-state index contributed by atoms with van der Waals surface area (Å²) in [6.45, 7) is 9.91. The Kier molecular flexibility index (Phi) is 4.35. The molecule has 14 heavy (non-hydrogen) atoms. The molecule has 0 aromatic carbocycles. The van der Waals surface area contributed by atoms with E-state index in [4.69, 9.17) is 10.5 Å². The van der Waals surface area contributed by atoms with Gasteiger partial charge in [-0.3, -0.25) is 4.90 Å². The maximum Gasteiger partial charge on any atom is 0.0660 e. The summed E-state index contributed by atoms with van der Waals surface area (Å²) in [4.78, 5) is 2.50. The fourth-order valence-corrected chi connectivity index (χ4v) is 2.32. The third-order valence-corrected chi connectivity index (χ3v) is 3.30. The fraction of sp³-hybridized carbons (Fsp3) is 1.00. The summed E-state index contributed by atoms with van der Waals surface area (Å²) < 4.78 is 5.53. The molecule has 0 saturated carbocycles. The van der Waals surface area contributed by atoms with E-state index in [9.17, 15) is 0 Å². The second-order valence-corrected chi connectivity index (χ2v) is 4.52. The highest BCUT2D eigenvalue weighted by molar-refractivity contribution is 4.93. The van der Waals surface area contributed by atoms with Crippen molar-refractivity contribution in [2.24, 2.45) is 5.73 Å². The Morgan fingerprint density at radius 3 is 2.71 bits per heavy atom. The molecule has 0 aromatic rings. The van der Waals surface area contributed by atoms with Crippen LogP contribution in [0.2, 0.25) is 0 Å². The SMILES string of the molecule is CCOCC(C)(CN)N1CCCC1C. The standard InChI is InChI=1S/C11H24N2O/c1-4-14-9-11(3,8-12)13-7-5-6-10(13)2/h10H,4-9,12H2,1-3H3. The molecule has 0 amide bonds. The van der Waals surface area contributed by atoms with E-state index in [1.807, 2.05) is 6.92 Å². The fourth-order valence-electron chi connectivity index (χ4n) is 2.32. The molecule has 1 aliphatic heterocycles. The van der Waals surface area contributed by atoms with Gasteiger partial charge in [0.05, 0.1) is 12.1 Å². The number of hydrogen-bond acceptors (Lipinski definition) is 3. The summed E-state index contributed by atoms with van der Waals surface area (Å²) in [7, 11) is 0. The molecule has 0 spiro atoms. The summed E-state index contributed by atoms with van der Waals surface area (Å²) in [5, 5.41) is 0. The molecule has 1 aliphatic rings. The third-order valence-electron chi connectivity index (χ3n) is 3.30. The molecule has 1 rings (SSSR count). The summed E-state index contributed by atoms with van der Waals surface area (Å²) >= 11 is 0. The monoisotopic (exact) mass is 200 g/mol. The number of nitrogens with zero attached hydrogens (tertiary/aromatic N) is 1. The lowest BCUT2D eigenvalue weighted by Crippen LogP contribution is -2.56. The first-order valence-corrected chi connectivity index (χ1v) is 5.68. The lowest BCUT2D eigenvalue weighted by Gasteiger charge is -2.40. The van der Waals surface area contributed by atoms with Gasteiger partial charge in [-0.2, -0.15) is 0 Å². The highest BCUT2D eigenvalue weighted by atomic mass is 16.5. The topological polar surface area (TPSA) is 38.5 Å². The van der Waals surface area contributed by atoms with E-state index in [-0.39, 0.29) is 5.54 Å². The van der Waals surface area contributed by atoms with Crippen LogP contribution in [-0.4, -0.2) is 42.8 Å². The Bertz CT molecular complexity index is 175. The molecule has 0 aromatic heterocycles. The van der Waals surface area contributed by atoms with E-state index in [2.05, 4.69) is 18.7 Å². The van der Waals surface area contributed by atoms with Gasteiger partial charge in [-0.05, 0) is 40.2 Å². The molecule has 2 unspecified atom stereocenters. The van der Waals surface area contributed by atoms with E-state index in [1.54, 1.807) is 0 Å². The minimum Gasteiger partial charge on any atom is -0.380 e. The molecule has 3 heteroatoms. The normalized spacial score (nSPS) is 27.9. The summed E-state index contributed by atoms with van der Waals surface area (Å²) in [6.07, 6.45) is 2.59. The number of hydrogen-bond donors (Lipinski definition) is 1.